The van der Waals surface area contributed by atoms with Crippen molar-refractivity contribution in [1.82, 2.24) is 4.40 Å². The van der Waals surface area contributed by atoms with Gasteiger partial charge >= 0.3 is 5.97 Å². The lowest BCUT2D eigenvalue weighted by molar-refractivity contribution is 0.0603. The average molecular weight is 224 g/mol. The van der Waals surface area contributed by atoms with Gasteiger partial charge in [0.05, 0.1) is 18.2 Å². The SMILES string of the molecule is COC(=O)c1cc(Cl)n2ccc(C)cc12. The van der Waals surface area contributed by atoms with Crippen molar-refractivity contribution in [2.45, 2.75) is 6.92 Å². The molecule has 0 spiro atoms. The molecule has 0 N–H and O–H groups in total. The maximum atomic E-state index is 11.5. The van der Waals surface area contributed by atoms with E-state index in [4.69, 9.17) is 11.6 Å². The topological polar surface area (TPSA) is 30.7 Å². The van der Waals surface area contributed by atoms with E-state index in [9.17, 15) is 4.79 Å². The second-order valence-electron chi connectivity index (χ2n) is 3.33. The normalized spacial score (nSPS) is 10.6. The van der Waals surface area contributed by atoms with E-state index in [-0.39, 0.29) is 5.97 Å². The third-order valence-electron chi connectivity index (χ3n) is 2.29. The number of esters is 1. The number of methoxy groups -OCH3 is 1. The molecule has 0 aliphatic rings. The van der Waals surface area contributed by atoms with E-state index in [1.807, 2.05) is 25.3 Å². The van der Waals surface area contributed by atoms with Gasteiger partial charge in [-0.3, -0.25) is 0 Å². The molecule has 4 heteroatoms. The zero-order valence-corrected chi connectivity index (χ0v) is 9.21. The number of halogens is 1. The molecule has 0 aliphatic heterocycles. The molecule has 0 unspecified atom stereocenters. The summed E-state index contributed by atoms with van der Waals surface area (Å²) < 4.78 is 6.44. The standard InChI is InChI=1S/C11H10ClNO2/c1-7-3-4-13-9(5-7)8(6-10(13)12)11(14)15-2/h3-6H,1-2H3. The third-order valence-corrected chi connectivity index (χ3v) is 2.58. The van der Waals surface area contributed by atoms with Crippen molar-refractivity contribution in [3.05, 3.63) is 40.7 Å². The van der Waals surface area contributed by atoms with Crippen molar-refractivity contribution in [3.63, 3.8) is 0 Å². The number of carbonyl (C=O) groups is 1. The first-order chi connectivity index (χ1) is 7.13. The summed E-state index contributed by atoms with van der Waals surface area (Å²) in [5.41, 5.74) is 2.33. The molecule has 3 nitrogen and oxygen atoms in total. The Labute approximate surface area is 92.2 Å². The number of rotatable bonds is 1. The first kappa shape index (κ1) is 10.1. The molecule has 2 aromatic heterocycles. The lowest BCUT2D eigenvalue weighted by Gasteiger charge is -2.00. The first-order valence-corrected chi connectivity index (χ1v) is 4.87. The summed E-state index contributed by atoms with van der Waals surface area (Å²) in [4.78, 5) is 11.5. The molecule has 0 atom stereocenters. The number of nitrogens with zero attached hydrogens (tertiary/aromatic N) is 1. The van der Waals surface area contributed by atoms with Crippen LogP contribution in [0.2, 0.25) is 5.15 Å². The highest BCUT2D eigenvalue weighted by molar-refractivity contribution is 6.30. The van der Waals surface area contributed by atoms with Crippen molar-refractivity contribution < 1.29 is 9.53 Å². The zero-order valence-electron chi connectivity index (χ0n) is 8.45. The summed E-state index contributed by atoms with van der Waals surface area (Å²) in [5.74, 6) is -0.370. The fourth-order valence-corrected chi connectivity index (χ4v) is 1.79. The minimum absolute atomic E-state index is 0.370. The van der Waals surface area contributed by atoms with Gasteiger partial charge < -0.3 is 9.14 Å². The van der Waals surface area contributed by atoms with E-state index < -0.39 is 0 Å². The van der Waals surface area contributed by atoms with Crippen LogP contribution in [0, 0.1) is 6.92 Å². The van der Waals surface area contributed by atoms with Gasteiger partial charge in [0, 0.05) is 6.20 Å². The lowest BCUT2D eigenvalue weighted by atomic mass is 10.2. The summed E-state index contributed by atoms with van der Waals surface area (Å²) in [5, 5.41) is 0.505. The minimum Gasteiger partial charge on any atom is -0.465 e. The summed E-state index contributed by atoms with van der Waals surface area (Å²) in [6, 6.07) is 5.44. The molecule has 15 heavy (non-hydrogen) atoms. The van der Waals surface area contributed by atoms with E-state index >= 15 is 0 Å². The molecule has 0 bridgehead atoms. The number of hydrogen-bond donors (Lipinski definition) is 0. The van der Waals surface area contributed by atoms with Crippen LogP contribution in [0.4, 0.5) is 0 Å². The maximum absolute atomic E-state index is 11.5. The molecule has 78 valence electrons. The number of pyridine rings is 1. The molecule has 0 radical (unpaired) electrons. The quantitative estimate of drug-likeness (QED) is 0.696. The highest BCUT2D eigenvalue weighted by atomic mass is 35.5. The summed E-state index contributed by atoms with van der Waals surface area (Å²) in [6.07, 6.45) is 1.83. The summed E-state index contributed by atoms with van der Waals surface area (Å²) in [6.45, 7) is 1.96. The van der Waals surface area contributed by atoms with E-state index in [1.54, 1.807) is 10.5 Å². The summed E-state index contributed by atoms with van der Waals surface area (Å²) in [7, 11) is 1.36. The van der Waals surface area contributed by atoms with Crippen molar-refractivity contribution in [3.8, 4) is 0 Å². The van der Waals surface area contributed by atoms with Gasteiger partial charge in [-0.1, -0.05) is 11.6 Å². The molecule has 0 fully saturated rings. The Kier molecular flexibility index (Phi) is 2.40. The second-order valence-corrected chi connectivity index (χ2v) is 3.72. The Morgan fingerprint density at radius 2 is 2.20 bits per heavy atom. The Balaban J connectivity index is 2.75. The lowest BCUT2D eigenvalue weighted by Crippen LogP contribution is -2.00. The second kappa shape index (κ2) is 3.59. The van der Waals surface area contributed by atoms with Gasteiger partial charge in [0.15, 0.2) is 0 Å². The minimum atomic E-state index is -0.370. The highest BCUT2D eigenvalue weighted by Gasteiger charge is 2.14. The van der Waals surface area contributed by atoms with Crippen LogP contribution >= 0.6 is 11.6 Å². The number of hydrogen-bond acceptors (Lipinski definition) is 2. The molecule has 2 rings (SSSR count). The fraction of sp³-hybridized carbons (Fsp3) is 0.182. The predicted molar refractivity (Wildman–Crippen MR) is 58.5 cm³/mol. The molecule has 2 aromatic rings. The van der Waals surface area contributed by atoms with E-state index in [2.05, 4.69) is 4.74 Å². The van der Waals surface area contributed by atoms with Crippen LogP contribution in [0.3, 0.4) is 0 Å². The molecule has 0 aromatic carbocycles. The largest absolute Gasteiger partial charge is 0.465 e. The van der Waals surface area contributed by atoms with E-state index in [0.717, 1.165) is 11.1 Å². The van der Waals surface area contributed by atoms with Crippen LogP contribution in [-0.4, -0.2) is 17.5 Å². The predicted octanol–water partition coefficient (Wildman–Crippen LogP) is 2.69. The van der Waals surface area contributed by atoms with Gasteiger partial charge in [0.25, 0.3) is 0 Å². The molecule has 0 saturated carbocycles. The van der Waals surface area contributed by atoms with Crippen molar-refractivity contribution >= 4 is 23.1 Å². The van der Waals surface area contributed by atoms with Gasteiger partial charge in [-0.15, -0.1) is 0 Å². The molecule has 2 heterocycles. The number of ether oxygens (including phenoxy) is 1. The average Bonchev–Trinajstić information content (AvgIpc) is 2.54. The van der Waals surface area contributed by atoms with Crippen LogP contribution < -0.4 is 0 Å². The number of carbonyl (C=O) groups excluding carboxylic acids is 1. The van der Waals surface area contributed by atoms with Crippen molar-refractivity contribution in [1.29, 1.82) is 0 Å². The molecular formula is C11H10ClNO2. The molecular weight excluding hydrogens is 214 g/mol. The van der Waals surface area contributed by atoms with Crippen LogP contribution in [0.5, 0.6) is 0 Å². The molecule has 0 amide bonds. The van der Waals surface area contributed by atoms with Crippen molar-refractivity contribution in [2.24, 2.45) is 0 Å². The Bertz CT molecular complexity index is 531. The van der Waals surface area contributed by atoms with Crippen molar-refractivity contribution in [2.75, 3.05) is 7.11 Å². The smallest absolute Gasteiger partial charge is 0.340 e. The molecule has 0 aliphatic carbocycles. The van der Waals surface area contributed by atoms with Gasteiger partial charge in [-0.05, 0) is 30.7 Å². The zero-order chi connectivity index (χ0) is 11.0. The van der Waals surface area contributed by atoms with E-state index in [0.29, 0.717) is 10.7 Å². The summed E-state index contributed by atoms with van der Waals surface area (Å²) >= 11 is 5.99. The number of aromatic nitrogens is 1. The monoisotopic (exact) mass is 223 g/mol. The van der Waals surface area contributed by atoms with Crippen LogP contribution in [0.1, 0.15) is 15.9 Å². The Morgan fingerprint density at radius 1 is 1.47 bits per heavy atom. The third kappa shape index (κ3) is 1.59. The van der Waals surface area contributed by atoms with E-state index in [1.165, 1.54) is 7.11 Å². The van der Waals surface area contributed by atoms with Gasteiger partial charge in [0.2, 0.25) is 0 Å². The Hall–Kier alpha value is -1.48. The number of aryl methyl sites for hydroxylation is 1. The van der Waals surface area contributed by atoms with Gasteiger partial charge in [0.1, 0.15) is 5.15 Å². The first-order valence-electron chi connectivity index (χ1n) is 4.49. The van der Waals surface area contributed by atoms with Crippen LogP contribution in [0.25, 0.3) is 5.52 Å². The number of fused-ring (bicyclic) bond motifs is 1. The maximum Gasteiger partial charge on any atom is 0.340 e. The fourth-order valence-electron chi connectivity index (χ4n) is 1.54. The van der Waals surface area contributed by atoms with Gasteiger partial charge in [-0.2, -0.15) is 0 Å². The Morgan fingerprint density at radius 3 is 2.87 bits per heavy atom. The molecule has 0 saturated heterocycles. The van der Waals surface area contributed by atoms with Gasteiger partial charge in [-0.25, -0.2) is 4.79 Å². The van der Waals surface area contributed by atoms with Crippen LogP contribution in [0.15, 0.2) is 24.4 Å². The van der Waals surface area contributed by atoms with Crippen LogP contribution in [-0.2, 0) is 4.74 Å². The highest BCUT2D eigenvalue weighted by Crippen LogP contribution is 2.22.